The smallest absolute Gasteiger partial charge is 0.291 e. The third-order valence-corrected chi connectivity index (χ3v) is 19.3. The van der Waals surface area contributed by atoms with E-state index in [9.17, 15) is 43.2 Å². The van der Waals surface area contributed by atoms with Crippen molar-refractivity contribution in [3.63, 3.8) is 0 Å². The van der Waals surface area contributed by atoms with Gasteiger partial charge in [0.2, 0.25) is 41.1 Å². The number of anilines is 5. The predicted octanol–water partition coefficient (Wildman–Crippen LogP) is 3.88. The first kappa shape index (κ1) is 67.4. The maximum absolute atomic E-state index is 13.5. The van der Waals surface area contributed by atoms with Crippen LogP contribution in [0, 0.1) is 0 Å². The number of imidazole rings is 3. The standard InChI is InChI=1S/C64H77N18O9P/c1-77(2)34-19-30-65-54(84)27-32-67-60(87)48-36-43(38-78(48)3)69-63(90)58-74-51(41-82(58)7)72-56(86)29-33-68-62(89)57-75-52(42-80(57)5)76-61(88)49-37-44(39-79(49)4)70-64(91)59-73-50(40-81(59)6)71-55(85)28-31-66-53(83)26-17-18-35-92(45-20-11-8-12-21-45,46-22-13-9-14-23-46)47-24-15-10-16-25-47/h8-16,20-25,36-42H,17-19,26-35H2,1-7H3,(H8-,65,66,67,68,69,70,71,72,76,83,84,85,86,87,88,89,90,91)/p+1. The molecule has 0 aliphatic carbocycles. The van der Waals surface area contributed by atoms with Crippen molar-refractivity contribution in [1.82, 2.24) is 64.0 Å². The predicted molar refractivity (Wildman–Crippen MR) is 353 cm³/mol. The average Bonchev–Trinajstić information content (AvgIpc) is 0.935. The van der Waals surface area contributed by atoms with Crippen LogP contribution in [0.1, 0.15) is 97.8 Å². The van der Waals surface area contributed by atoms with Gasteiger partial charge < -0.3 is 75.6 Å². The molecule has 0 unspecified atom stereocenters. The summed E-state index contributed by atoms with van der Waals surface area (Å²) in [5.74, 6) is -4.02. The Morgan fingerprint density at radius 1 is 0.391 bits per heavy atom. The van der Waals surface area contributed by atoms with E-state index in [2.05, 4.69) is 136 Å². The second kappa shape index (κ2) is 31.8. The van der Waals surface area contributed by atoms with Crippen LogP contribution in [0.4, 0.5) is 28.8 Å². The van der Waals surface area contributed by atoms with Crippen molar-refractivity contribution >= 4 is 105 Å². The van der Waals surface area contributed by atoms with Crippen LogP contribution < -0.4 is 63.8 Å². The highest BCUT2D eigenvalue weighted by Crippen LogP contribution is 2.56. The molecule has 0 aliphatic rings. The minimum atomic E-state index is -2.01. The molecule has 482 valence electrons. The molecule has 0 bridgehead atoms. The first-order chi connectivity index (χ1) is 44.2. The minimum Gasteiger partial charge on any atom is -0.356 e. The molecule has 9 amide bonds. The Morgan fingerprint density at radius 3 is 1.25 bits per heavy atom. The molecule has 0 aliphatic heterocycles. The Bertz CT molecular complexity index is 3830. The molecule has 0 saturated heterocycles. The van der Waals surface area contributed by atoms with Crippen LogP contribution in [0.3, 0.4) is 0 Å². The van der Waals surface area contributed by atoms with Crippen LogP contribution >= 0.6 is 7.26 Å². The SMILES string of the molecule is CN(C)CCCNC(=O)CCNC(=O)c1cc(NC(=O)c2nc(NC(=O)CCNC(=O)c3nc(NC(=O)c4cc(NC(=O)c5nc(NC(=O)CCNC(=O)CCCC[P+](c6ccccc6)(c6ccccc6)c6ccccc6)cn5C)cn4C)cn3C)cn2C)cn1C. The molecule has 0 fully saturated rings. The zero-order valence-corrected chi connectivity index (χ0v) is 53.4. The second-order valence-electron chi connectivity index (χ2n) is 22.2. The molecule has 5 heterocycles. The summed E-state index contributed by atoms with van der Waals surface area (Å²) in [7, 11) is 9.84. The molecule has 0 radical (unpaired) electrons. The van der Waals surface area contributed by atoms with Crippen LogP contribution in [0.2, 0.25) is 0 Å². The summed E-state index contributed by atoms with van der Waals surface area (Å²) in [4.78, 5) is 132. The molecule has 8 rings (SSSR count). The molecule has 5 aromatic heterocycles. The first-order valence-electron chi connectivity index (χ1n) is 29.9. The van der Waals surface area contributed by atoms with E-state index in [1.165, 1.54) is 75.7 Å². The Morgan fingerprint density at radius 2 is 0.783 bits per heavy atom. The lowest BCUT2D eigenvalue weighted by Crippen LogP contribution is -2.33. The summed E-state index contributed by atoms with van der Waals surface area (Å²) in [5.41, 5.74) is 0.964. The third kappa shape index (κ3) is 18.1. The van der Waals surface area contributed by atoms with Crippen LogP contribution in [-0.2, 0) is 54.4 Å². The van der Waals surface area contributed by atoms with Crippen molar-refractivity contribution in [1.29, 1.82) is 0 Å². The number of unbranched alkanes of at least 4 members (excludes halogenated alkanes) is 1. The van der Waals surface area contributed by atoms with Crippen LogP contribution in [0.5, 0.6) is 0 Å². The average molecular weight is 1270 g/mol. The summed E-state index contributed by atoms with van der Waals surface area (Å²) < 4.78 is 7.27. The Labute approximate surface area is 532 Å². The molecule has 9 N–H and O–H groups in total. The highest BCUT2D eigenvalue weighted by atomic mass is 31.2. The van der Waals surface area contributed by atoms with Crippen molar-refractivity contribution in [2.24, 2.45) is 35.2 Å². The molecule has 92 heavy (non-hydrogen) atoms. The molecule has 28 heteroatoms. The summed E-state index contributed by atoms with van der Waals surface area (Å²) in [6.07, 6.45) is 10.9. The number of nitrogens with zero attached hydrogens (tertiary/aromatic N) is 9. The highest BCUT2D eigenvalue weighted by Gasteiger charge is 2.44. The van der Waals surface area contributed by atoms with Gasteiger partial charge in [-0.15, -0.1) is 0 Å². The van der Waals surface area contributed by atoms with E-state index in [0.717, 1.165) is 25.5 Å². The van der Waals surface area contributed by atoms with Gasteiger partial charge >= 0.3 is 0 Å². The van der Waals surface area contributed by atoms with E-state index in [0.29, 0.717) is 25.1 Å². The molecule has 3 aromatic carbocycles. The zero-order valence-electron chi connectivity index (χ0n) is 52.5. The van der Waals surface area contributed by atoms with Crippen LogP contribution in [0.25, 0.3) is 0 Å². The van der Waals surface area contributed by atoms with E-state index in [4.69, 9.17) is 0 Å². The van der Waals surface area contributed by atoms with E-state index < -0.39 is 48.6 Å². The third-order valence-electron chi connectivity index (χ3n) is 14.8. The number of aryl methyl sites for hydroxylation is 5. The fourth-order valence-electron chi connectivity index (χ4n) is 10.3. The van der Waals surface area contributed by atoms with Crippen molar-refractivity contribution in [3.8, 4) is 0 Å². The molecule has 8 aromatic rings. The topological polar surface area (TPSA) is 328 Å². The van der Waals surface area contributed by atoms with E-state index in [1.54, 1.807) is 41.4 Å². The summed E-state index contributed by atoms with van der Waals surface area (Å²) in [6, 6.07) is 34.7. The van der Waals surface area contributed by atoms with Crippen LogP contribution in [0.15, 0.2) is 134 Å². The molecular formula is C64H78N18O9P+. The quantitative estimate of drug-likeness (QED) is 0.0220. The van der Waals surface area contributed by atoms with Crippen molar-refractivity contribution in [2.75, 3.05) is 79.6 Å². The molecular weight excluding hydrogens is 1200 g/mol. The lowest BCUT2D eigenvalue weighted by atomic mass is 10.2. The number of hydrogen-bond donors (Lipinski definition) is 9. The second-order valence-corrected chi connectivity index (χ2v) is 25.8. The fourth-order valence-corrected chi connectivity index (χ4v) is 14.7. The maximum atomic E-state index is 13.5. The number of rotatable bonds is 31. The Hall–Kier alpha value is -10.5. The number of carbonyl (C=O) groups is 9. The van der Waals surface area contributed by atoms with E-state index in [-0.39, 0.29) is 103 Å². The Kier molecular flexibility index (Phi) is 23.3. The van der Waals surface area contributed by atoms with E-state index >= 15 is 0 Å². The van der Waals surface area contributed by atoms with Gasteiger partial charge in [-0.25, -0.2) is 15.0 Å². The van der Waals surface area contributed by atoms with Gasteiger partial charge in [0.1, 0.15) is 34.6 Å². The molecule has 0 spiro atoms. The summed E-state index contributed by atoms with van der Waals surface area (Å²) in [5, 5.41) is 28.3. The van der Waals surface area contributed by atoms with Crippen LogP contribution in [-0.4, -0.2) is 149 Å². The van der Waals surface area contributed by atoms with Gasteiger partial charge in [-0.3, -0.25) is 43.2 Å². The number of aromatic nitrogens is 8. The maximum Gasteiger partial charge on any atom is 0.291 e. The lowest BCUT2D eigenvalue weighted by Gasteiger charge is -2.27. The first-order valence-corrected chi connectivity index (χ1v) is 31.9. The number of amides is 9. The monoisotopic (exact) mass is 1270 g/mol. The largest absolute Gasteiger partial charge is 0.356 e. The van der Waals surface area contributed by atoms with Crippen molar-refractivity contribution in [2.45, 2.75) is 44.9 Å². The lowest BCUT2D eigenvalue weighted by molar-refractivity contribution is -0.122. The molecule has 27 nitrogen and oxygen atoms in total. The van der Waals surface area contributed by atoms with Gasteiger partial charge in [0, 0.05) is 118 Å². The number of carbonyl (C=O) groups excluding carboxylic acids is 9. The number of nitrogens with one attached hydrogen (secondary N) is 9. The number of hydrogen-bond acceptors (Lipinski definition) is 13. The van der Waals surface area contributed by atoms with E-state index in [1.807, 2.05) is 37.2 Å². The van der Waals surface area contributed by atoms with Gasteiger partial charge in [-0.05, 0) is 88.4 Å². The van der Waals surface area contributed by atoms with Gasteiger partial charge in [-0.2, -0.15) is 0 Å². The van der Waals surface area contributed by atoms with Gasteiger partial charge in [0.05, 0.1) is 17.5 Å². The van der Waals surface area contributed by atoms with Gasteiger partial charge in [0.25, 0.3) is 29.5 Å². The normalized spacial score (nSPS) is 11.2. The minimum absolute atomic E-state index is 0.0196. The molecule has 0 atom stereocenters. The summed E-state index contributed by atoms with van der Waals surface area (Å²) >= 11 is 0. The highest BCUT2D eigenvalue weighted by molar-refractivity contribution is 7.95. The Balaban J connectivity index is 0.732. The summed E-state index contributed by atoms with van der Waals surface area (Å²) in [6.45, 7) is 1.52. The van der Waals surface area contributed by atoms with Crippen molar-refractivity contribution < 1.29 is 43.2 Å². The molecule has 0 saturated carbocycles. The van der Waals surface area contributed by atoms with Gasteiger partial charge in [-0.1, -0.05) is 54.6 Å². The van der Waals surface area contributed by atoms with Gasteiger partial charge in [0.15, 0.2) is 17.5 Å². The zero-order chi connectivity index (χ0) is 65.9. The number of benzene rings is 3. The van der Waals surface area contributed by atoms with Crippen molar-refractivity contribution in [3.05, 3.63) is 163 Å². The fraction of sp³-hybridized carbons (Fsp3) is 0.312.